The molecule has 0 amide bonds. The number of rotatable bonds is 2. The van der Waals surface area contributed by atoms with E-state index in [1.54, 1.807) is 18.2 Å². The van der Waals surface area contributed by atoms with E-state index in [0.29, 0.717) is 11.4 Å². The Kier molecular flexibility index (Phi) is 3.14. The summed E-state index contributed by atoms with van der Waals surface area (Å²) in [6, 6.07) is 6.91. The van der Waals surface area contributed by atoms with E-state index in [1.165, 1.54) is 0 Å². The molecule has 0 heterocycles. The molecule has 5 heteroatoms. The summed E-state index contributed by atoms with van der Waals surface area (Å²) >= 11 is 0. The molecule has 0 aliphatic heterocycles. The molecule has 0 atom stereocenters. The van der Waals surface area contributed by atoms with Crippen molar-refractivity contribution in [2.75, 3.05) is 11.1 Å². The molecular weight excluding hydrogens is 241 g/mol. The third kappa shape index (κ3) is 2.56. The molecule has 3 N–H and O–H groups in total. The molecule has 2 aromatic rings. The van der Waals surface area contributed by atoms with E-state index < -0.39 is 17.5 Å². The van der Waals surface area contributed by atoms with Crippen LogP contribution < -0.4 is 11.1 Å². The van der Waals surface area contributed by atoms with Gasteiger partial charge in [-0.1, -0.05) is 0 Å². The number of hydrogen-bond acceptors (Lipinski definition) is 2. The largest absolute Gasteiger partial charge is 0.399 e. The summed E-state index contributed by atoms with van der Waals surface area (Å²) < 4.78 is 38.8. The molecule has 0 bridgehead atoms. The lowest BCUT2D eigenvalue weighted by molar-refractivity contribution is 0.448. The molecule has 0 fully saturated rings. The van der Waals surface area contributed by atoms with Gasteiger partial charge < -0.3 is 11.1 Å². The first kappa shape index (κ1) is 12.3. The molecule has 2 rings (SSSR count). The highest BCUT2D eigenvalue weighted by atomic mass is 19.2. The van der Waals surface area contributed by atoms with Gasteiger partial charge in [-0.15, -0.1) is 0 Å². The maximum atomic E-state index is 13.0. The molecule has 0 radical (unpaired) electrons. The van der Waals surface area contributed by atoms with Gasteiger partial charge in [0.2, 0.25) is 0 Å². The van der Waals surface area contributed by atoms with Crippen molar-refractivity contribution < 1.29 is 13.2 Å². The fraction of sp³-hybridized carbons (Fsp3) is 0.0769. The average molecular weight is 252 g/mol. The van der Waals surface area contributed by atoms with Crippen molar-refractivity contribution in [3.8, 4) is 0 Å². The van der Waals surface area contributed by atoms with E-state index >= 15 is 0 Å². The fourth-order valence-corrected chi connectivity index (χ4v) is 1.68. The number of anilines is 3. The second kappa shape index (κ2) is 4.60. The van der Waals surface area contributed by atoms with E-state index in [-0.39, 0.29) is 5.69 Å². The standard InChI is InChI=1S/C13H11F3N2/c1-7-2-8(17)4-9(3-7)18-10-5-11(14)13(16)12(15)6-10/h2-6,18H,17H2,1H3. The lowest BCUT2D eigenvalue weighted by Crippen LogP contribution is -1.97. The van der Waals surface area contributed by atoms with Crippen LogP contribution in [0.25, 0.3) is 0 Å². The van der Waals surface area contributed by atoms with Gasteiger partial charge in [0, 0.05) is 29.2 Å². The van der Waals surface area contributed by atoms with Crippen LogP contribution in [-0.2, 0) is 0 Å². The Morgan fingerprint density at radius 2 is 1.44 bits per heavy atom. The lowest BCUT2D eigenvalue weighted by atomic mass is 10.2. The summed E-state index contributed by atoms with van der Waals surface area (Å²) in [5.74, 6) is -3.96. The van der Waals surface area contributed by atoms with Gasteiger partial charge in [-0.3, -0.25) is 0 Å². The SMILES string of the molecule is Cc1cc(N)cc(Nc2cc(F)c(F)c(F)c2)c1. The predicted molar refractivity (Wildman–Crippen MR) is 65.2 cm³/mol. The Morgan fingerprint density at radius 3 is 2.00 bits per heavy atom. The molecule has 2 nitrogen and oxygen atoms in total. The smallest absolute Gasteiger partial charge is 0.194 e. The minimum absolute atomic E-state index is 0.122. The second-order valence-electron chi connectivity index (χ2n) is 4.01. The first-order valence-electron chi connectivity index (χ1n) is 5.24. The molecule has 0 saturated carbocycles. The van der Waals surface area contributed by atoms with Gasteiger partial charge in [-0.05, 0) is 30.7 Å². The highest BCUT2D eigenvalue weighted by molar-refractivity contribution is 5.64. The number of nitrogen functional groups attached to an aromatic ring is 1. The summed E-state index contributed by atoms with van der Waals surface area (Å²) in [6.45, 7) is 1.84. The average Bonchev–Trinajstić information content (AvgIpc) is 2.24. The summed E-state index contributed by atoms with van der Waals surface area (Å²) in [5.41, 5.74) is 7.78. The van der Waals surface area contributed by atoms with E-state index in [2.05, 4.69) is 5.32 Å². The molecule has 0 unspecified atom stereocenters. The Bertz CT molecular complexity index is 554. The van der Waals surface area contributed by atoms with Crippen LogP contribution in [0.1, 0.15) is 5.56 Å². The Balaban J connectivity index is 2.34. The van der Waals surface area contributed by atoms with Crippen LogP contribution in [0.4, 0.5) is 30.2 Å². The van der Waals surface area contributed by atoms with Crippen LogP contribution in [0, 0.1) is 24.4 Å². The second-order valence-corrected chi connectivity index (χ2v) is 4.01. The van der Waals surface area contributed by atoms with Crippen molar-refractivity contribution in [1.82, 2.24) is 0 Å². The summed E-state index contributed by atoms with van der Waals surface area (Å²) in [4.78, 5) is 0. The third-order valence-corrected chi connectivity index (χ3v) is 2.37. The van der Waals surface area contributed by atoms with Crippen molar-refractivity contribution in [3.63, 3.8) is 0 Å². The zero-order valence-corrected chi connectivity index (χ0v) is 9.60. The van der Waals surface area contributed by atoms with Crippen LogP contribution in [0.5, 0.6) is 0 Å². The number of nitrogens with two attached hydrogens (primary N) is 1. The van der Waals surface area contributed by atoms with Gasteiger partial charge in [0.25, 0.3) is 0 Å². The zero-order chi connectivity index (χ0) is 13.3. The molecule has 0 aromatic heterocycles. The number of benzene rings is 2. The molecule has 0 aliphatic carbocycles. The molecule has 0 aliphatic rings. The van der Waals surface area contributed by atoms with Crippen molar-refractivity contribution in [3.05, 3.63) is 53.3 Å². The molecule has 2 aromatic carbocycles. The minimum atomic E-state index is -1.48. The quantitative estimate of drug-likeness (QED) is 0.631. The van der Waals surface area contributed by atoms with Crippen LogP contribution >= 0.6 is 0 Å². The first-order valence-corrected chi connectivity index (χ1v) is 5.24. The van der Waals surface area contributed by atoms with Gasteiger partial charge in [0.15, 0.2) is 17.5 Å². The monoisotopic (exact) mass is 252 g/mol. The predicted octanol–water partition coefficient (Wildman–Crippen LogP) is 3.74. The molecular formula is C13H11F3N2. The number of halogens is 3. The minimum Gasteiger partial charge on any atom is -0.399 e. The number of aryl methyl sites for hydroxylation is 1. The van der Waals surface area contributed by atoms with Crippen molar-refractivity contribution in [2.45, 2.75) is 6.92 Å². The highest BCUT2D eigenvalue weighted by Gasteiger charge is 2.10. The number of hydrogen-bond donors (Lipinski definition) is 2. The van der Waals surface area contributed by atoms with Gasteiger partial charge in [0.1, 0.15) is 0 Å². The van der Waals surface area contributed by atoms with E-state index in [1.807, 2.05) is 6.92 Å². The fourth-order valence-electron chi connectivity index (χ4n) is 1.68. The van der Waals surface area contributed by atoms with Crippen molar-refractivity contribution in [1.29, 1.82) is 0 Å². The Labute approximate surface area is 102 Å². The summed E-state index contributed by atoms with van der Waals surface area (Å²) in [6.07, 6.45) is 0. The van der Waals surface area contributed by atoms with Crippen LogP contribution in [0.2, 0.25) is 0 Å². The summed E-state index contributed by atoms with van der Waals surface area (Å²) in [5, 5.41) is 2.77. The summed E-state index contributed by atoms with van der Waals surface area (Å²) in [7, 11) is 0. The maximum absolute atomic E-state index is 13.0. The lowest BCUT2D eigenvalue weighted by Gasteiger charge is -2.09. The first-order chi connectivity index (χ1) is 8.45. The topological polar surface area (TPSA) is 38.0 Å². The molecule has 0 saturated heterocycles. The molecule has 0 spiro atoms. The Morgan fingerprint density at radius 1 is 0.889 bits per heavy atom. The van der Waals surface area contributed by atoms with Gasteiger partial charge >= 0.3 is 0 Å². The maximum Gasteiger partial charge on any atom is 0.194 e. The van der Waals surface area contributed by atoms with Crippen LogP contribution in [0.15, 0.2) is 30.3 Å². The van der Waals surface area contributed by atoms with Crippen molar-refractivity contribution in [2.24, 2.45) is 0 Å². The van der Waals surface area contributed by atoms with E-state index in [9.17, 15) is 13.2 Å². The van der Waals surface area contributed by atoms with Gasteiger partial charge in [-0.2, -0.15) is 0 Å². The third-order valence-electron chi connectivity index (χ3n) is 2.37. The zero-order valence-electron chi connectivity index (χ0n) is 9.60. The number of nitrogens with one attached hydrogen (secondary N) is 1. The van der Waals surface area contributed by atoms with Gasteiger partial charge in [-0.25, -0.2) is 13.2 Å². The van der Waals surface area contributed by atoms with Crippen LogP contribution in [-0.4, -0.2) is 0 Å². The van der Waals surface area contributed by atoms with Gasteiger partial charge in [0.05, 0.1) is 0 Å². The Hall–Kier alpha value is -2.17. The molecule has 94 valence electrons. The van der Waals surface area contributed by atoms with Crippen LogP contribution in [0.3, 0.4) is 0 Å². The molecule has 18 heavy (non-hydrogen) atoms. The van der Waals surface area contributed by atoms with E-state index in [0.717, 1.165) is 17.7 Å². The normalized spacial score (nSPS) is 10.4. The van der Waals surface area contributed by atoms with Crippen molar-refractivity contribution >= 4 is 17.1 Å². The highest BCUT2D eigenvalue weighted by Crippen LogP contribution is 2.23. The van der Waals surface area contributed by atoms with E-state index in [4.69, 9.17) is 5.73 Å².